The molecule has 114 valence electrons. The number of benzene rings is 1. The molecule has 2 aliphatic rings. The van der Waals surface area contributed by atoms with E-state index in [9.17, 15) is 35.5 Å². The fourth-order valence-electron chi connectivity index (χ4n) is 2.79. The first-order valence-electron chi connectivity index (χ1n) is 6.40. The largest absolute Gasteiger partial charge is 0.394 e. The summed E-state index contributed by atoms with van der Waals surface area (Å²) in [6, 6.07) is 7.99. The van der Waals surface area contributed by atoms with Gasteiger partial charge in [-0.25, -0.2) is 0 Å². The zero-order chi connectivity index (χ0) is 17.6. The summed E-state index contributed by atoms with van der Waals surface area (Å²) >= 11 is 0. The Morgan fingerprint density at radius 3 is 2.21 bits per heavy atom. The Balaban J connectivity index is 2.50. The van der Waals surface area contributed by atoms with Crippen LogP contribution in [0.15, 0.2) is 40.7 Å². The predicted octanol–water partition coefficient (Wildman–Crippen LogP) is 1.58. The molecule has 0 aliphatic heterocycles. The highest BCUT2D eigenvalue weighted by atomic mass is 16.6. The second-order valence-electron chi connectivity index (χ2n) is 4.84. The average molecular weight is 320 g/mol. The van der Waals surface area contributed by atoms with Crippen LogP contribution in [-0.2, 0) is 4.79 Å². The lowest BCUT2D eigenvalue weighted by atomic mass is 9.85. The van der Waals surface area contributed by atoms with E-state index in [-0.39, 0.29) is 22.3 Å². The molecule has 1 aromatic carbocycles. The molecule has 0 unspecified atom stereocenters. The van der Waals surface area contributed by atoms with Gasteiger partial charge in [-0.1, -0.05) is 12.1 Å². The minimum atomic E-state index is -1.25. The Bertz CT molecular complexity index is 1050. The van der Waals surface area contributed by atoms with E-state index < -0.39 is 32.6 Å². The molecule has 0 fully saturated rings. The highest BCUT2D eigenvalue weighted by molar-refractivity contribution is 6.26. The lowest BCUT2D eigenvalue weighted by Crippen LogP contribution is -2.25. The molecule has 0 saturated carbocycles. The number of allylic oxidation sites excluding steroid dienone is 3. The minimum absolute atomic E-state index is 0.105. The molecule has 0 saturated heterocycles. The Hall–Kier alpha value is -4.11. The van der Waals surface area contributed by atoms with Crippen LogP contribution < -0.4 is 0 Å². The monoisotopic (exact) mass is 320 g/mol. The van der Waals surface area contributed by atoms with Gasteiger partial charge in [0.15, 0.2) is 0 Å². The molecule has 0 N–H and O–H groups in total. The number of carbonyl (C=O) groups excluding carboxylic acids is 1. The maximum atomic E-state index is 12.4. The summed E-state index contributed by atoms with van der Waals surface area (Å²) in [4.78, 5) is 32.5. The van der Waals surface area contributed by atoms with Crippen molar-refractivity contribution in [3.63, 3.8) is 0 Å². The zero-order valence-corrected chi connectivity index (χ0v) is 11.6. The van der Waals surface area contributed by atoms with Crippen LogP contribution in [0.25, 0.3) is 11.6 Å². The first-order chi connectivity index (χ1) is 11.4. The Morgan fingerprint density at radius 2 is 1.67 bits per heavy atom. The number of fused-ring (bicyclic) bond motifs is 3. The molecule has 0 radical (unpaired) electrons. The Morgan fingerprint density at radius 1 is 1.00 bits per heavy atom. The summed E-state index contributed by atoms with van der Waals surface area (Å²) in [5.74, 6) is -1.15. The van der Waals surface area contributed by atoms with Crippen LogP contribution in [0.2, 0.25) is 0 Å². The molecule has 0 spiro atoms. The topological polar surface area (TPSA) is 151 Å². The van der Waals surface area contributed by atoms with Gasteiger partial charge < -0.3 is 0 Å². The normalized spacial score (nSPS) is 15.2. The van der Waals surface area contributed by atoms with Crippen LogP contribution >= 0.6 is 0 Å². The van der Waals surface area contributed by atoms with Gasteiger partial charge in [-0.2, -0.15) is 10.5 Å². The van der Waals surface area contributed by atoms with Crippen molar-refractivity contribution in [2.75, 3.05) is 0 Å². The lowest BCUT2D eigenvalue weighted by Gasteiger charge is -2.13. The average Bonchev–Trinajstić information content (AvgIpc) is 2.94. The molecule has 24 heavy (non-hydrogen) atoms. The van der Waals surface area contributed by atoms with E-state index in [1.165, 1.54) is 12.1 Å². The van der Waals surface area contributed by atoms with Crippen LogP contribution in [0.4, 0.5) is 0 Å². The van der Waals surface area contributed by atoms with Gasteiger partial charge in [-0.05, 0) is 17.7 Å². The lowest BCUT2D eigenvalue weighted by molar-refractivity contribution is -0.463. The fourth-order valence-corrected chi connectivity index (χ4v) is 2.79. The van der Waals surface area contributed by atoms with E-state index in [1.807, 2.05) is 6.07 Å². The maximum Gasteiger partial charge on any atom is 0.394 e. The van der Waals surface area contributed by atoms with Crippen molar-refractivity contribution in [3.05, 3.63) is 77.7 Å². The molecule has 2 aliphatic carbocycles. The number of nitriles is 2. The maximum absolute atomic E-state index is 12.4. The van der Waals surface area contributed by atoms with Crippen molar-refractivity contribution in [1.29, 1.82) is 10.5 Å². The standard InChI is InChI=1S/C15H4N4O5/c16-5-8-3-1-2-7-4-9-12(11(7)8)10(6-17)13(18(21)22)14(15(9)20)19(23)24/h1-4H. The van der Waals surface area contributed by atoms with Crippen molar-refractivity contribution >= 4 is 17.4 Å². The molecule has 0 atom stereocenters. The van der Waals surface area contributed by atoms with Gasteiger partial charge in [0.25, 0.3) is 5.78 Å². The van der Waals surface area contributed by atoms with E-state index in [1.54, 1.807) is 18.2 Å². The van der Waals surface area contributed by atoms with Crippen LogP contribution in [0.3, 0.4) is 0 Å². The molecule has 0 aromatic heterocycles. The molecular formula is C15H4N4O5. The number of ketones is 1. The van der Waals surface area contributed by atoms with Crippen molar-refractivity contribution in [3.8, 4) is 12.1 Å². The first-order valence-corrected chi connectivity index (χ1v) is 6.40. The van der Waals surface area contributed by atoms with Crippen molar-refractivity contribution in [2.24, 2.45) is 0 Å². The number of rotatable bonds is 2. The molecule has 0 heterocycles. The van der Waals surface area contributed by atoms with Gasteiger partial charge in [0.05, 0.1) is 21.5 Å². The van der Waals surface area contributed by atoms with E-state index in [0.29, 0.717) is 5.56 Å². The highest BCUT2D eigenvalue weighted by Crippen LogP contribution is 2.45. The van der Waals surface area contributed by atoms with Crippen LogP contribution in [0.5, 0.6) is 0 Å². The van der Waals surface area contributed by atoms with Gasteiger partial charge in [0.2, 0.25) is 0 Å². The third kappa shape index (κ3) is 1.76. The van der Waals surface area contributed by atoms with Gasteiger partial charge in [-0.15, -0.1) is 0 Å². The fraction of sp³-hybridized carbons (Fsp3) is 0. The van der Waals surface area contributed by atoms with E-state index in [4.69, 9.17) is 0 Å². The zero-order valence-electron chi connectivity index (χ0n) is 11.6. The smallest absolute Gasteiger partial charge is 0.281 e. The Labute approximate surface area is 133 Å². The molecule has 0 bridgehead atoms. The molecule has 9 nitrogen and oxygen atoms in total. The highest BCUT2D eigenvalue weighted by Gasteiger charge is 2.49. The summed E-state index contributed by atoms with van der Waals surface area (Å²) in [7, 11) is 0. The number of Topliss-reactive ketones (excluding diaryl/α,β-unsaturated/α-hetero) is 1. The van der Waals surface area contributed by atoms with E-state index >= 15 is 0 Å². The van der Waals surface area contributed by atoms with Crippen molar-refractivity contribution in [2.45, 2.75) is 0 Å². The van der Waals surface area contributed by atoms with E-state index in [2.05, 4.69) is 0 Å². The van der Waals surface area contributed by atoms with Gasteiger partial charge >= 0.3 is 11.4 Å². The number of hydrogen-bond donors (Lipinski definition) is 0. The number of carbonyl (C=O) groups is 1. The quantitative estimate of drug-likeness (QED) is 0.592. The third-order valence-corrected chi connectivity index (χ3v) is 3.68. The van der Waals surface area contributed by atoms with Gasteiger partial charge in [0.1, 0.15) is 11.6 Å². The second kappa shape index (κ2) is 4.97. The number of hydrogen-bond acceptors (Lipinski definition) is 7. The second-order valence-corrected chi connectivity index (χ2v) is 4.84. The minimum Gasteiger partial charge on any atom is -0.281 e. The molecule has 0 amide bonds. The SMILES string of the molecule is N#CC1=C2C(=Cc3cccc(C#N)c32)C(=O)C([N+](=O)[O-])=C1[N+](=O)[O-]. The summed E-state index contributed by atoms with van der Waals surface area (Å²) in [5, 5.41) is 41.0. The van der Waals surface area contributed by atoms with Gasteiger partial charge in [0, 0.05) is 16.7 Å². The van der Waals surface area contributed by atoms with Crippen molar-refractivity contribution in [1.82, 2.24) is 0 Å². The van der Waals surface area contributed by atoms with E-state index in [0.717, 1.165) is 0 Å². The van der Waals surface area contributed by atoms with Crippen LogP contribution in [0.1, 0.15) is 16.7 Å². The summed E-state index contributed by atoms with van der Waals surface area (Å²) in [5.41, 5.74) is -2.60. The Kier molecular flexibility index (Phi) is 3.07. The van der Waals surface area contributed by atoms with Crippen molar-refractivity contribution < 1.29 is 14.6 Å². The predicted molar refractivity (Wildman–Crippen MR) is 77.7 cm³/mol. The third-order valence-electron chi connectivity index (χ3n) is 3.68. The molecule has 9 heteroatoms. The molecular weight excluding hydrogens is 316 g/mol. The summed E-state index contributed by atoms with van der Waals surface area (Å²) in [6.45, 7) is 0. The summed E-state index contributed by atoms with van der Waals surface area (Å²) in [6.07, 6.45) is 1.30. The van der Waals surface area contributed by atoms with Crippen LogP contribution in [-0.4, -0.2) is 15.6 Å². The molecule has 1 aromatic rings. The van der Waals surface area contributed by atoms with Crippen LogP contribution in [0, 0.1) is 42.9 Å². The number of nitro groups is 2. The summed E-state index contributed by atoms with van der Waals surface area (Å²) < 4.78 is 0. The number of nitrogens with zero attached hydrogens (tertiary/aromatic N) is 4. The molecule has 3 rings (SSSR count). The van der Waals surface area contributed by atoms with Gasteiger partial charge in [-0.3, -0.25) is 25.0 Å². The first kappa shape index (κ1) is 14.8.